The van der Waals surface area contributed by atoms with Crippen molar-refractivity contribution in [2.75, 3.05) is 5.32 Å². The number of nitro groups is 1. The highest BCUT2D eigenvalue weighted by molar-refractivity contribution is 9.10. The van der Waals surface area contributed by atoms with E-state index in [0.29, 0.717) is 4.47 Å². The predicted octanol–water partition coefficient (Wildman–Crippen LogP) is 2.32. The van der Waals surface area contributed by atoms with Crippen LogP contribution in [-0.2, 0) is 4.79 Å². The zero-order valence-electron chi connectivity index (χ0n) is 9.48. The van der Waals surface area contributed by atoms with Crippen LogP contribution in [0.4, 0.5) is 11.4 Å². The molecule has 0 spiro atoms. The third-order valence-electron chi connectivity index (χ3n) is 2.20. The Morgan fingerprint density at radius 2 is 2.06 bits per heavy atom. The summed E-state index contributed by atoms with van der Waals surface area (Å²) in [7, 11) is 0. The van der Waals surface area contributed by atoms with Gasteiger partial charge in [0.2, 0.25) is 5.91 Å². The van der Waals surface area contributed by atoms with Crippen LogP contribution in [0.2, 0.25) is 0 Å². The summed E-state index contributed by atoms with van der Waals surface area (Å²) in [5.74, 6) is -1.94. The molecule has 0 bridgehead atoms. The van der Waals surface area contributed by atoms with Gasteiger partial charge >= 0.3 is 5.97 Å². The summed E-state index contributed by atoms with van der Waals surface area (Å²) in [6.07, 6.45) is 0. The lowest BCUT2D eigenvalue weighted by Gasteiger charge is -2.10. The molecule has 8 heteroatoms. The number of carboxylic acids is 1. The van der Waals surface area contributed by atoms with Crippen molar-refractivity contribution < 1.29 is 19.6 Å². The highest BCUT2D eigenvalue weighted by atomic mass is 79.9. The van der Waals surface area contributed by atoms with E-state index >= 15 is 0 Å². The highest BCUT2D eigenvalue weighted by Crippen LogP contribution is 2.36. The number of halogens is 1. The normalized spacial score (nSPS) is 9.94. The fourth-order valence-electron chi connectivity index (χ4n) is 1.43. The molecule has 7 nitrogen and oxygen atoms in total. The molecule has 1 amide bonds. The number of hydrogen-bond donors (Lipinski definition) is 2. The van der Waals surface area contributed by atoms with Crippen molar-refractivity contribution >= 4 is 39.2 Å². The van der Waals surface area contributed by atoms with Gasteiger partial charge in [-0.2, -0.15) is 0 Å². The fourth-order valence-corrected chi connectivity index (χ4v) is 1.85. The minimum atomic E-state index is -1.36. The van der Waals surface area contributed by atoms with E-state index in [2.05, 4.69) is 21.2 Å². The Bertz CT molecular complexity index is 556. The molecule has 1 aromatic carbocycles. The molecule has 0 unspecified atom stereocenters. The van der Waals surface area contributed by atoms with E-state index in [1.165, 1.54) is 13.0 Å². The molecule has 1 aromatic rings. The number of carbonyl (C=O) groups excluding carboxylic acids is 1. The SMILES string of the molecule is CC(=O)Nc1c(C(=O)O)cc(Br)c(C)c1[N+](=O)[O-]. The molecule has 0 saturated heterocycles. The molecular weight excluding hydrogens is 308 g/mol. The van der Waals surface area contributed by atoms with Gasteiger partial charge in [-0.15, -0.1) is 0 Å². The van der Waals surface area contributed by atoms with Gasteiger partial charge in [0.05, 0.1) is 10.5 Å². The van der Waals surface area contributed by atoms with Gasteiger partial charge < -0.3 is 10.4 Å². The van der Waals surface area contributed by atoms with Gasteiger partial charge in [-0.3, -0.25) is 14.9 Å². The predicted molar refractivity (Wildman–Crippen MR) is 66.8 cm³/mol. The molecule has 96 valence electrons. The van der Waals surface area contributed by atoms with Gasteiger partial charge in [-0.1, -0.05) is 15.9 Å². The van der Waals surface area contributed by atoms with Crippen molar-refractivity contribution in [3.8, 4) is 0 Å². The van der Waals surface area contributed by atoms with Crippen molar-refractivity contribution in [2.45, 2.75) is 13.8 Å². The van der Waals surface area contributed by atoms with Crippen LogP contribution in [0, 0.1) is 17.0 Å². The first-order chi connectivity index (χ1) is 8.25. The Morgan fingerprint density at radius 1 is 1.50 bits per heavy atom. The average molecular weight is 317 g/mol. The standard InChI is InChI=1S/C10H9BrN2O5/c1-4-7(11)3-6(10(15)16)8(12-5(2)14)9(4)13(17)18/h3H,1-2H3,(H,12,14)(H,15,16). The van der Waals surface area contributed by atoms with Gasteiger partial charge in [0.1, 0.15) is 5.69 Å². The van der Waals surface area contributed by atoms with E-state index in [0.717, 1.165) is 6.92 Å². The number of carboxylic acid groups (broad SMARTS) is 1. The molecule has 0 saturated carbocycles. The monoisotopic (exact) mass is 316 g/mol. The maximum atomic E-state index is 11.0. The van der Waals surface area contributed by atoms with Gasteiger partial charge in [0, 0.05) is 17.0 Å². The van der Waals surface area contributed by atoms with Crippen molar-refractivity contribution in [1.82, 2.24) is 0 Å². The number of amides is 1. The zero-order chi connectivity index (χ0) is 14.0. The number of aromatic carboxylic acids is 1. The number of nitro benzene ring substituents is 1. The van der Waals surface area contributed by atoms with Crippen LogP contribution < -0.4 is 5.32 Å². The van der Waals surface area contributed by atoms with Crippen LogP contribution in [0.3, 0.4) is 0 Å². The third-order valence-corrected chi connectivity index (χ3v) is 3.03. The number of hydrogen-bond acceptors (Lipinski definition) is 4. The Balaban J connectivity index is 3.68. The van der Waals surface area contributed by atoms with Gasteiger partial charge in [0.25, 0.3) is 5.69 Å². The molecule has 0 aliphatic rings. The van der Waals surface area contributed by atoms with Gasteiger partial charge in [-0.05, 0) is 13.0 Å². The molecule has 0 aliphatic heterocycles. The lowest BCUT2D eigenvalue weighted by Crippen LogP contribution is -2.14. The van der Waals surface area contributed by atoms with Crippen LogP contribution in [0.1, 0.15) is 22.8 Å². The second kappa shape index (κ2) is 5.13. The first kappa shape index (κ1) is 14.1. The fraction of sp³-hybridized carbons (Fsp3) is 0.200. The Morgan fingerprint density at radius 3 is 2.44 bits per heavy atom. The van der Waals surface area contributed by atoms with Crippen molar-refractivity contribution in [3.63, 3.8) is 0 Å². The van der Waals surface area contributed by atoms with Crippen LogP contribution in [-0.4, -0.2) is 21.9 Å². The molecule has 0 aromatic heterocycles. The second-order valence-corrected chi connectivity index (χ2v) is 4.35. The van der Waals surface area contributed by atoms with E-state index < -0.39 is 22.5 Å². The average Bonchev–Trinajstić information content (AvgIpc) is 2.21. The molecule has 1 rings (SSSR count). The van der Waals surface area contributed by atoms with E-state index in [9.17, 15) is 19.7 Å². The van der Waals surface area contributed by atoms with Crippen molar-refractivity contribution in [1.29, 1.82) is 0 Å². The molecule has 0 radical (unpaired) electrons. The quantitative estimate of drug-likeness (QED) is 0.657. The number of anilines is 1. The molecule has 18 heavy (non-hydrogen) atoms. The molecule has 0 fully saturated rings. The third kappa shape index (κ3) is 2.65. The summed E-state index contributed by atoms with van der Waals surface area (Å²) in [4.78, 5) is 32.3. The smallest absolute Gasteiger partial charge is 0.338 e. The maximum Gasteiger partial charge on any atom is 0.338 e. The minimum Gasteiger partial charge on any atom is -0.478 e. The molecular formula is C10H9BrN2O5. The Labute approximate surface area is 110 Å². The molecule has 2 N–H and O–H groups in total. The maximum absolute atomic E-state index is 11.0. The summed E-state index contributed by atoms with van der Waals surface area (Å²) in [5, 5.41) is 22.2. The molecule has 0 heterocycles. The van der Waals surface area contributed by atoms with Gasteiger partial charge in [-0.25, -0.2) is 4.79 Å². The number of rotatable bonds is 3. The summed E-state index contributed by atoms with van der Waals surface area (Å²) in [5.41, 5.74) is -0.833. The number of benzene rings is 1. The first-order valence-electron chi connectivity index (χ1n) is 4.74. The Hall–Kier alpha value is -1.96. The minimum absolute atomic E-state index is 0.244. The molecule has 0 atom stereocenters. The molecule has 0 aliphatic carbocycles. The van der Waals surface area contributed by atoms with Crippen LogP contribution in [0.25, 0.3) is 0 Å². The topological polar surface area (TPSA) is 110 Å². The van der Waals surface area contributed by atoms with E-state index in [-0.39, 0.29) is 16.8 Å². The van der Waals surface area contributed by atoms with Crippen LogP contribution >= 0.6 is 15.9 Å². The first-order valence-corrected chi connectivity index (χ1v) is 5.53. The lowest BCUT2D eigenvalue weighted by atomic mass is 10.1. The summed E-state index contributed by atoms with van der Waals surface area (Å²) in [6, 6.07) is 1.22. The highest BCUT2D eigenvalue weighted by Gasteiger charge is 2.27. The second-order valence-electron chi connectivity index (χ2n) is 3.50. The lowest BCUT2D eigenvalue weighted by molar-refractivity contribution is -0.384. The number of nitrogens with zero attached hydrogens (tertiary/aromatic N) is 1. The van der Waals surface area contributed by atoms with E-state index in [4.69, 9.17) is 5.11 Å². The summed E-state index contributed by atoms with van der Waals surface area (Å²) >= 11 is 3.05. The van der Waals surface area contributed by atoms with E-state index in [1.807, 2.05) is 0 Å². The Kier molecular flexibility index (Phi) is 4.02. The summed E-state index contributed by atoms with van der Waals surface area (Å²) < 4.78 is 0.292. The largest absolute Gasteiger partial charge is 0.478 e. The number of carbonyl (C=O) groups is 2. The zero-order valence-corrected chi connectivity index (χ0v) is 11.1. The van der Waals surface area contributed by atoms with E-state index in [1.54, 1.807) is 0 Å². The van der Waals surface area contributed by atoms with Crippen molar-refractivity contribution in [2.24, 2.45) is 0 Å². The van der Waals surface area contributed by atoms with Gasteiger partial charge in [0.15, 0.2) is 0 Å². The number of nitrogens with one attached hydrogen (secondary N) is 1. The summed E-state index contributed by atoms with van der Waals surface area (Å²) in [6.45, 7) is 2.60. The van der Waals surface area contributed by atoms with Crippen LogP contribution in [0.5, 0.6) is 0 Å². The van der Waals surface area contributed by atoms with Crippen molar-refractivity contribution in [3.05, 3.63) is 31.8 Å². The van der Waals surface area contributed by atoms with Crippen LogP contribution in [0.15, 0.2) is 10.5 Å².